The Morgan fingerprint density at radius 3 is 2.20 bits per heavy atom. The summed E-state index contributed by atoms with van der Waals surface area (Å²) in [5.41, 5.74) is 4.22. The molecule has 2 rings (SSSR count). The highest BCUT2D eigenvalue weighted by molar-refractivity contribution is 5.64. The van der Waals surface area contributed by atoms with Crippen LogP contribution in [-0.4, -0.2) is 6.61 Å². The summed E-state index contributed by atoms with van der Waals surface area (Å²) < 4.78 is 5.49. The predicted octanol–water partition coefficient (Wildman–Crippen LogP) is 5.34. The summed E-state index contributed by atoms with van der Waals surface area (Å²) in [6, 6.07) is 17.1. The van der Waals surface area contributed by atoms with Crippen molar-refractivity contribution in [2.24, 2.45) is 5.41 Å². The second-order valence-corrected chi connectivity index (χ2v) is 6.40. The molecule has 0 fully saturated rings. The third kappa shape index (κ3) is 4.12. The molecule has 0 aliphatic rings. The molecule has 20 heavy (non-hydrogen) atoms. The number of hydrogen-bond donors (Lipinski definition) is 0. The molecule has 0 aliphatic carbocycles. The van der Waals surface area contributed by atoms with Gasteiger partial charge in [0.2, 0.25) is 0 Å². The van der Waals surface area contributed by atoms with Gasteiger partial charge in [0.25, 0.3) is 0 Å². The fourth-order valence-electron chi connectivity index (χ4n) is 2.38. The second-order valence-electron chi connectivity index (χ2n) is 6.40. The van der Waals surface area contributed by atoms with Crippen LogP contribution in [-0.2, 0) is 6.42 Å². The van der Waals surface area contributed by atoms with Gasteiger partial charge < -0.3 is 4.74 Å². The minimum absolute atomic E-state index is 0.317. The molecule has 2 aromatic carbocycles. The van der Waals surface area contributed by atoms with E-state index in [9.17, 15) is 0 Å². The van der Waals surface area contributed by atoms with Gasteiger partial charge >= 0.3 is 0 Å². The van der Waals surface area contributed by atoms with Gasteiger partial charge in [-0.25, -0.2) is 0 Å². The topological polar surface area (TPSA) is 9.23 Å². The minimum atomic E-state index is 0.317. The van der Waals surface area contributed by atoms with E-state index in [2.05, 4.69) is 57.2 Å². The molecule has 1 nitrogen and oxygen atoms in total. The zero-order valence-electron chi connectivity index (χ0n) is 12.9. The van der Waals surface area contributed by atoms with Gasteiger partial charge in [-0.2, -0.15) is 0 Å². The third-order valence-electron chi connectivity index (χ3n) is 3.16. The van der Waals surface area contributed by atoms with Crippen molar-refractivity contribution >= 4 is 0 Å². The lowest BCUT2D eigenvalue weighted by atomic mass is 9.87. The van der Waals surface area contributed by atoms with Crippen LogP contribution in [0.4, 0.5) is 0 Å². The molecule has 0 saturated heterocycles. The van der Waals surface area contributed by atoms with E-state index in [-0.39, 0.29) is 0 Å². The van der Waals surface area contributed by atoms with Gasteiger partial charge in [-0.1, -0.05) is 57.2 Å². The van der Waals surface area contributed by atoms with Crippen LogP contribution in [0.25, 0.3) is 11.1 Å². The molecule has 0 radical (unpaired) electrons. The van der Waals surface area contributed by atoms with E-state index >= 15 is 0 Å². The largest absolute Gasteiger partial charge is 0.494 e. The highest BCUT2D eigenvalue weighted by Gasteiger charge is 2.11. The molecular formula is C19H24O. The Hall–Kier alpha value is -1.76. The number of hydrogen-bond acceptors (Lipinski definition) is 1. The van der Waals surface area contributed by atoms with Crippen molar-refractivity contribution in [2.45, 2.75) is 34.1 Å². The average Bonchev–Trinajstić information content (AvgIpc) is 2.38. The molecule has 0 aliphatic heterocycles. The molecule has 0 heterocycles. The van der Waals surface area contributed by atoms with Crippen LogP contribution >= 0.6 is 0 Å². The fraction of sp³-hybridized carbons (Fsp3) is 0.368. The first kappa shape index (κ1) is 14.6. The molecule has 106 valence electrons. The van der Waals surface area contributed by atoms with E-state index < -0.39 is 0 Å². The van der Waals surface area contributed by atoms with Crippen LogP contribution in [0.3, 0.4) is 0 Å². The molecular weight excluding hydrogens is 244 g/mol. The maximum atomic E-state index is 5.49. The van der Waals surface area contributed by atoms with E-state index in [1.54, 1.807) is 0 Å². The maximum Gasteiger partial charge on any atom is 0.119 e. The third-order valence-corrected chi connectivity index (χ3v) is 3.16. The Labute approximate surface area is 122 Å². The number of rotatable bonds is 4. The normalized spacial score (nSPS) is 11.4. The lowest BCUT2D eigenvalue weighted by Gasteiger charge is -2.18. The molecule has 0 amide bonds. The van der Waals surface area contributed by atoms with Crippen molar-refractivity contribution in [2.75, 3.05) is 6.61 Å². The fourth-order valence-corrected chi connectivity index (χ4v) is 2.38. The van der Waals surface area contributed by atoms with Crippen LogP contribution < -0.4 is 4.74 Å². The quantitative estimate of drug-likeness (QED) is 0.727. The Bertz CT molecular complexity index is 547. The SMILES string of the molecule is CCOc1ccc(-c2cccc(CC(C)(C)C)c2)cc1. The Kier molecular flexibility index (Phi) is 4.49. The summed E-state index contributed by atoms with van der Waals surface area (Å²) in [5.74, 6) is 0.932. The molecule has 0 N–H and O–H groups in total. The molecule has 0 unspecified atom stereocenters. The molecule has 1 heteroatoms. The summed E-state index contributed by atoms with van der Waals surface area (Å²) >= 11 is 0. The first-order valence-corrected chi connectivity index (χ1v) is 7.30. The van der Waals surface area contributed by atoms with Gasteiger partial charge in [-0.15, -0.1) is 0 Å². The molecule has 0 atom stereocenters. The van der Waals surface area contributed by atoms with Crippen molar-refractivity contribution in [3.8, 4) is 16.9 Å². The molecule has 2 aromatic rings. The summed E-state index contributed by atoms with van der Waals surface area (Å²) in [4.78, 5) is 0. The lowest BCUT2D eigenvalue weighted by Crippen LogP contribution is -2.08. The van der Waals surface area contributed by atoms with Crippen molar-refractivity contribution in [1.29, 1.82) is 0 Å². The van der Waals surface area contributed by atoms with Crippen molar-refractivity contribution in [1.82, 2.24) is 0 Å². The monoisotopic (exact) mass is 268 g/mol. The van der Waals surface area contributed by atoms with Gasteiger partial charge in [0.15, 0.2) is 0 Å². The lowest BCUT2D eigenvalue weighted by molar-refractivity contribution is 0.340. The van der Waals surface area contributed by atoms with Gasteiger partial charge in [0.05, 0.1) is 6.61 Å². The summed E-state index contributed by atoms with van der Waals surface area (Å²) in [7, 11) is 0. The molecule has 0 spiro atoms. The maximum absolute atomic E-state index is 5.49. The van der Waals surface area contributed by atoms with Gasteiger partial charge in [0.1, 0.15) is 5.75 Å². The zero-order chi connectivity index (χ0) is 14.6. The zero-order valence-corrected chi connectivity index (χ0v) is 12.9. The summed E-state index contributed by atoms with van der Waals surface area (Å²) in [6.07, 6.45) is 1.10. The molecule has 0 saturated carbocycles. The first-order valence-electron chi connectivity index (χ1n) is 7.30. The van der Waals surface area contributed by atoms with E-state index in [1.807, 2.05) is 19.1 Å². The van der Waals surface area contributed by atoms with E-state index in [0.29, 0.717) is 12.0 Å². The van der Waals surface area contributed by atoms with E-state index in [0.717, 1.165) is 12.2 Å². The highest BCUT2D eigenvalue weighted by atomic mass is 16.5. The van der Waals surface area contributed by atoms with Gasteiger partial charge in [-0.3, -0.25) is 0 Å². The summed E-state index contributed by atoms with van der Waals surface area (Å²) in [6.45, 7) is 9.54. The van der Waals surface area contributed by atoms with Gasteiger partial charge in [0, 0.05) is 0 Å². The van der Waals surface area contributed by atoms with Crippen LogP contribution in [0.15, 0.2) is 48.5 Å². The number of benzene rings is 2. The second kappa shape index (κ2) is 6.13. The highest BCUT2D eigenvalue weighted by Crippen LogP contribution is 2.26. The smallest absolute Gasteiger partial charge is 0.119 e. The minimum Gasteiger partial charge on any atom is -0.494 e. The van der Waals surface area contributed by atoms with Crippen molar-refractivity contribution in [3.05, 3.63) is 54.1 Å². The standard InChI is InChI=1S/C19H24O/c1-5-20-18-11-9-16(10-12-18)17-8-6-7-15(13-17)14-19(2,3)4/h6-13H,5,14H2,1-4H3. The van der Waals surface area contributed by atoms with Crippen LogP contribution in [0.1, 0.15) is 33.3 Å². The van der Waals surface area contributed by atoms with Crippen LogP contribution in [0.2, 0.25) is 0 Å². The molecule has 0 aromatic heterocycles. The van der Waals surface area contributed by atoms with E-state index in [1.165, 1.54) is 16.7 Å². The Morgan fingerprint density at radius 2 is 1.60 bits per heavy atom. The van der Waals surface area contributed by atoms with Crippen LogP contribution in [0, 0.1) is 5.41 Å². The van der Waals surface area contributed by atoms with Crippen molar-refractivity contribution in [3.63, 3.8) is 0 Å². The predicted molar refractivity (Wildman–Crippen MR) is 86.2 cm³/mol. The number of ether oxygens (including phenoxy) is 1. The summed E-state index contributed by atoms with van der Waals surface area (Å²) in [5, 5.41) is 0. The molecule has 0 bridgehead atoms. The van der Waals surface area contributed by atoms with Crippen LogP contribution in [0.5, 0.6) is 5.75 Å². The average molecular weight is 268 g/mol. The first-order chi connectivity index (χ1) is 9.48. The van der Waals surface area contributed by atoms with Crippen molar-refractivity contribution < 1.29 is 4.74 Å². The van der Waals surface area contributed by atoms with Gasteiger partial charge in [-0.05, 0) is 47.6 Å². The van der Waals surface area contributed by atoms with E-state index in [4.69, 9.17) is 4.74 Å². The Morgan fingerprint density at radius 1 is 0.900 bits per heavy atom. The Balaban J connectivity index is 2.22.